The largest absolute Gasteiger partial charge is 0.378 e. The highest BCUT2D eigenvalue weighted by molar-refractivity contribution is 7.19. The highest BCUT2D eigenvalue weighted by Gasteiger charge is 2.28. The number of nitrogens with one attached hydrogen (secondary N) is 1. The predicted molar refractivity (Wildman–Crippen MR) is 130 cm³/mol. The highest BCUT2D eigenvalue weighted by atomic mass is 32.1. The van der Waals surface area contributed by atoms with Crippen molar-refractivity contribution in [2.24, 2.45) is 5.73 Å². The molecule has 2 amide bonds. The fourth-order valence-corrected chi connectivity index (χ4v) is 5.37. The molecule has 33 heavy (non-hydrogen) atoms. The van der Waals surface area contributed by atoms with E-state index >= 15 is 0 Å². The van der Waals surface area contributed by atoms with Gasteiger partial charge in [0, 0.05) is 43.8 Å². The monoisotopic (exact) mass is 464 g/mol. The summed E-state index contributed by atoms with van der Waals surface area (Å²) in [5.74, 6) is 0.679. The van der Waals surface area contributed by atoms with Gasteiger partial charge in [-0.3, -0.25) is 9.80 Å². The van der Waals surface area contributed by atoms with Gasteiger partial charge in [0.05, 0.1) is 35.5 Å². The van der Waals surface area contributed by atoms with E-state index in [9.17, 15) is 4.79 Å². The van der Waals surface area contributed by atoms with E-state index in [-0.39, 0.29) is 0 Å². The number of piperazine rings is 1. The van der Waals surface area contributed by atoms with Crippen LogP contribution >= 0.6 is 11.3 Å². The minimum absolute atomic E-state index is 0.591. The van der Waals surface area contributed by atoms with Crippen LogP contribution in [0.15, 0.2) is 42.6 Å². The Morgan fingerprint density at radius 2 is 1.94 bits per heavy atom. The fraction of sp³-hybridized carbons (Fsp3) is 0.375. The topological polar surface area (TPSA) is 96.6 Å². The molecule has 3 aromatic rings. The minimum Gasteiger partial charge on any atom is -0.378 e. The van der Waals surface area contributed by atoms with Crippen LogP contribution in [0.2, 0.25) is 0 Å². The molecule has 2 aliphatic rings. The summed E-state index contributed by atoms with van der Waals surface area (Å²) < 4.78 is 5.33. The molecular formula is C24H28N6O2S. The zero-order chi connectivity index (χ0) is 22.8. The number of benzene rings is 1. The number of aromatic nitrogens is 2. The van der Waals surface area contributed by atoms with Crippen LogP contribution < -0.4 is 11.1 Å². The number of urea groups is 1. The van der Waals surface area contributed by atoms with Crippen LogP contribution in [0.5, 0.6) is 0 Å². The Labute approximate surface area is 197 Å². The van der Waals surface area contributed by atoms with Crippen molar-refractivity contribution in [3.05, 3.63) is 54.0 Å². The second kappa shape index (κ2) is 9.56. The van der Waals surface area contributed by atoms with Crippen molar-refractivity contribution in [2.75, 3.05) is 44.7 Å². The number of anilines is 1. The maximum Gasteiger partial charge on any atom is 0.316 e. The maximum absolute atomic E-state index is 11.5. The molecule has 0 aliphatic carbocycles. The average molecular weight is 465 g/mol. The van der Waals surface area contributed by atoms with Gasteiger partial charge in [-0.05, 0) is 30.2 Å². The van der Waals surface area contributed by atoms with E-state index in [1.54, 1.807) is 17.5 Å². The van der Waals surface area contributed by atoms with Gasteiger partial charge in [-0.15, -0.1) is 11.3 Å². The first-order chi connectivity index (χ1) is 16.0. The molecule has 1 aromatic carbocycles. The summed E-state index contributed by atoms with van der Waals surface area (Å²) in [5.41, 5.74) is 9.24. The van der Waals surface area contributed by atoms with Gasteiger partial charge < -0.3 is 15.8 Å². The molecule has 172 valence electrons. The molecule has 2 fully saturated rings. The summed E-state index contributed by atoms with van der Waals surface area (Å²) in [6, 6.07) is 12.5. The summed E-state index contributed by atoms with van der Waals surface area (Å²) in [6.45, 7) is 8.99. The lowest BCUT2D eigenvalue weighted by molar-refractivity contribution is -0.0774. The van der Waals surface area contributed by atoms with Gasteiger partial charge >= 0.3 is 6.03 Å². The molecule has 0 atom stereocenters. The van der Waals surface area contributed by atoms with Crippen molar-refractivity contribution in [3.8, 4) is 21.0 Å². The predicted octanol–water partition coefficient (Wildman–Crippen LogP) is 3.19. The molecule has 5 rings (SSSR count). The van der Waals surface area contributed by atoms with Gasteiger partial charge in [0.25, 0.3) is 0 Å². The number of hydrogen-bond acceptors (Lipinski definition) is 7. The molecule has 4 heterocycles. The van der Waals surface area contributed by atoms with Crippen molar-refractivity contribution in [2.45, 2.75) is 19.5 Å². The van der Waals surface area contributed by atoms with Crippen molar-refractivity contribution in [1.29, 1.82) is 0 Å². The molecule has 0 bridgehead atoms. The Bertz CT molecular complexity index is 1120. The number of amides is 2. The van der Waals surface area contributed by atoms with E-state index in [4.69, 9.17) is 10.5 Å². The first kappa shape index (κ1) is 22.0. The molecule has 2 saturated heterocycles. The number of thiophene rings is 1. The molecule has 0 radical (unpaired) electrons. The third-order valence-corrected chi connectivity index (χ3v) is 7.39. The molecule has 0 saturated carbocycles. The van der Waals surface area contributed by atoms with Crippen molar-refractivity contribution < 1.29 is 9.53 Å². The SMILES string of the molecule is Cc1nccc(-c2sc(-c3ccc(CN4CCN(C5COC5)CC4)cc3)cc2NC(N)=O)n1. The minimum atomic E-state index is -0.591. The molecule has 3 N–H and O–H groups in total. The number of primary amides is 1. The molecule has 9 heteroatoms. The van der Waals surface area contributed by atoms with Crippen molar-refractivity contribution in [1.82, 2.24) is 19.8 Å². The zero-order valence-electron chi connectivity index (χ0n) is 18.7. The Balaban J connectivity index is 1.29. The van der Waals surface area contributed by atoms with E-state index < -0.39 is 6.03 Å². The second-order valence-corrected chi connectivity index (χ2v) is 9.58. The van der Waals surface area contributed by atoms with Crippen LogP contribution in [0.1, 0.15) is 11.4 Å². The highest BCUT2D eigenvalue weighted by Crippen LogP contribution is 2.40. The fourth-order valence-electron chi connectivity index (χ4n) is 4.29. The number of rotatable bonds is 6. The third-order valence-electron chi connectivity index (χ3n) is 6.19. The standard InChI is InChI=1S/C24H28N6O2S/c1-16-26-7-6-20(27-16)23-21(28-24(25)31)12-22(33-23)18-4-2-17(3-5-18)13-29-8-10-30(11-9-29)19-14-32-15-19/h2-7,12,19H,8-11,13-15H2,1H3,(H3,25,28,31). The number of aryl methyl sites for hydroxylation is 1. The van der Waals surface area contributed by atoms with Gasteiger partial charge in [0.15, 0.2) is 0 Å². The van der Waals surface area contributed by atoms with Crippen LogP contribution in [-0.4, -0.2) is 71.2 Å². The molecule has 2 aliphatic heterocycles. The van der Waals surface area contributed by atoms with Crippen LogP contribution in [0, 0.1) is 6.92 Å². The summed E-state index contributed by atoms with van der Waals surface area (Å²) in [6.07, 6.45) is 1.72. The number of nitrogens with zero attached hydrogens (tertiary/aromatic N) is 4. The van der Waals surface area contributed by atoms with E-state index in [0.717, 1.165) is 66.9 Å². The van der Waals surface area contributed by atoms with E-state index in [2.05, 4.69) is 49.4 Å². The Kier molecular flexibility index (Phi) is 6.37. The number of nitrogens with two attached hydrogens (primary N) is 1. The normalized spacial score (nSPS) is 17.6. The Morgan fingerprint density at radius 3 is 2.58 bits per heavy atom. The molecule has 2 aromatic heterocycles. The third kappa shape index (κ3) is 5.06. The molecule has 0 unspecified atom stereocenters. The van der Waals surface area contributed by atoms with Gasteiger partial charge in [0.2, 0.25) is 0 Å². The number of hydrogen-bond donors (Lipinski definition) is 2. The zero-order valence-corrected chi connectivity index (χ0v) is 19.5. The smallest absolute Gasteiger partial charge is 0.316 e. The van der Waals surface area contributed by atoms with E-state index in [0.29, 0.717) is 17.6 Å². The second-order valence-electron chi connectivity index (χ2n) is 8.53. The summed E-state index contributed by atoms with van der Waals surface area (Å²) >= 11 is 1.58. The quantitative estimate of drug-likeness (QED) is 0.582. The van der Waals surface area contributed by atoms with Gasteiger partial charge in [-0.25, -0.2) is 14.8 Å². The first-order valence-electron chi connectivity index (χ1n) is 11.2. The van der Waals surface area contributed by atoms with Crippen molar-refractivity contribution >= 4 is 23.1 Å². The lowest BCUT2D eigenvalue weighted by atomic mass is 10.1. The lowest BCUT2D eigenvalue weighted by Crippen LogP contribution is -2.56. The lowest BCUT2D eigenvalue weighted by Gasteiger charge is -2.42. The van der Waals surface area contributed by atoms with Crippen LogP contribution in [0.3, 0.4) is 0 Å². The van der Waals surface area contributed by atoms with E-state index in [1.165, 1.54) is 5.56 Å². The van der Waals surface area contributed by atoms with Crippen LogP contribution in [0.25, 0.3) is 21.0 Å². The molecule has 8 nitrogen and oxygen atoms in total. The Morgan fingerprint density at radius 1 is 1.18 bits per heavy atom. The maximum atomic E-state index is 11.5. The van der Waals surface area contributed by atoms with Gasteiger partial charge in [-0.2, -0.15) is 0 Å². The summed E-state index contributed by atoms with van der Waals surface area (Å²) in [7, 11) is 0. The van der Waals surface area contributed by atoms with Crippen LogP contribution in [-0.2, 0) is 11.3 Å². The van der Waals surface area contributed by atoms with Gasteiger partial charge in [-0.1, -0.05) is 24.3 Å². The Hall–Kier alpha value is -2.85. The van der Waals surface area contributed by atoms with Crippen molar-refractivity contribution in [3.63, 3.8) is 0 Å². The first-order valence-corrected chi connectivity index (χ1v) is 12.0. The van der Waals surface area contributed by atoms with E-state index in [1.807, 2.05) is 19.1 Å². The summed E-state index contributed by atoms with van der Waals surface area (Å²) in [5, 5.41) is 2.74. The molecule has 0 spiro atoms. The molecular weight excluding hydrogens is 436 g/mol. The number of carbonyl (C=O) groups is 1. The van der Waals surface area contributed by atoms with Crippen LogP contribution in [0.4, 0.5) is 10.5 Å². The summed E-state index contributed by atoms with van der Waals surface area (Å²) in [4.78, 5) is 27.2. The van der Waals surface area contributed by atoms with Gasteiger partial charge in [0.1, 0.15) is 5.82 Å². The number of carbonyl (C=O) groups excluding carboxylic acids is 1. The number of ether oxygens (including phenoxy) is 1. The average Bonchev–Trinajstić information content (AvgIpc) is 3.17.